The van der Waals surface area contributed by atoms with Crippen molar-refractivity contribution in [1.29, 1.82) is 0 Å². The second kappa shape index (κ2) is 15.9. The lowest BCUT2D eigenvalue weighted by atomic mass is 10.1. The highest BCUT2D eigenvalue weighted by Crippen LogP contribution is 2.19. The molecule has 0 saturated carbocycles. The first-order chi connectivity index (χ1) is 17.8. The summed E-state index contributed by atoms with van der Waals surface area (Å²) in [6, 6.07) is -4.89. The fourth-order valence-corrected chi connectivity index (χ4v) is 3.84. The van der Waals surface area contributed by atoms with Crippen LogP contribution in [0.5, 0.6) is 0 Å². The van der Waals surface area contributed by atoms with Crippen LogP contribution in [0.3, 0.4) is 0 Å². The van der Waals surface area contributed by atoms with Gasteiger partial charge in [-0.05, 0) is 38.5 Å². The second-order valence-corrected chi connectivity index (χ2v) is 8.75. The van der Waals surface area contributed by atoms with Crippen LogP contribution < -0.4 is 39.3 Å². The summed E-state index contributed by atoms with van der Waals surface area (Å²) in [5.74, 6) is -5.23. The molecule has 4 atom stereocenters. The highest BCUT2D eigenvalue weighted by Gasteiger charge is 2.39. The summed E-state index contributed by atoms with van der Waals surface area (Å²) in [5.41, 5.74) is 27.0. The zero-order chi connectivity index (χ0) is 28.8. The van der Waals surface area contributed by atoms with Crippen molar-refractivity contribution in [3.63, 3.8) is 0 Å². The van der Waals surface area contributed by atoms with Crippen molar-refractivity contribution in [3.05, 3.63) is 0 Å². The molecule has 17 heteroatoms. The lowest BCUT2D eigenvalue weighted by molar-refractivity contribution is -0.150. The maximum atomic E-state index is 13.1. The van der Waals surface area contributed by atoms with Gasteiger partial charge in [0.25, 0.3) is 0 Å². The Balaban J connectivity index is 2.98. The van der Waals surface area contributed by atoms with Crippen molar-refractivity contribution >= 4 is 41.6 Å². The zero-order valence-electron chi connectivity index (χ0n) is 21.0. The molecule has 1 fully saturated rings. The van der Waals surface area contributed by atoms with Crippen LogP contribution in [0.4, 0.5) is 0 Å². The first-order valence-electron chi connectivity index (χ1n) is 12.1. The number of carbonyl (C=O) groups excluding carboxylic acids is 3. The number of carboxylic acid groups (broad SMARTS) is 2. The van der Waals surface area contributed by atoms with Gasteiger partial charge in [0.05, 0.1) is 12.5 Å². The maximum Gasteiger partial charge on any atom is 0.326 e. The van der Waals surface area contributed by atoms with E-state index in [1.54, 1.807) is 0 Å². The third-order valence-electron chi connectivity index (χ3n) is 5.70. The minimum absolute atomic E-state index is 0.0323. The van der Waals surface area contributed by atoms with Crippen LogP contribution in [0.2, 0.25) is 0 Å². The number of rotatable bonds is 16. The SMILES string of the molecule is NC(N)=NCCCC(N)C(=O)NC(CCCN=C(N)N)C(=O)NC(CC(=O)O)C(=O)N1CCCC1C(=O)O. The topological polar surface area (TPSA) is 308 Å². The van der Waals surface area contributed by atoms with E-state index in [1.165, 1.54) is 0 Å². The normalized spacial score (nSPS) is 17.0. The Labute approximate surface area is 219 Å². The first-order valence-corrected chi connectivity index (χ1v) is 12.1. The van der Waals surface area contributed by atoms with Crippen molar-refractivity contribution < 1.29 is 34.2 Å². The predicted octanol–water partition coefficient (Wildman–Crippen LogP) is -4.06. The number of carbonyl (C=O) groups is 5. The molecule has 1 heterocycles. The van der Waals surface area contributed by atoms with Gasteiger partial charge in [0.2, 0.25) is 17.7 Å². The van der Waals surface area contributed by atoms with E-state index >= 15 is 0 Å². The number of aliphatic imine (C=N–C) groups is 2. The number of nitrogens with two attached hydrogens (primary N) is 5. The van der Waals surface area contributed by atoms with Gasteiger partial charge in [-0.25, -0.2) is 4.79 Å². The Morgan fingerprint density at radius 1 is 0.868 bits per heavy atom. The molecule has 14 N–H and O–H groups in total. The van der Waals surface area contributed by atoms with E-state index in [9.17, 15) is 34.2 Å². The van der Waals surface area contributed by atoms with Crippen molar-refractivity contribution in [3.8, 4) is 0 Å². The summed E-state index contributed by atoms with van der Waals surface area (Å²) in [6.07, 6.45) is 0.720. The van der Waals surface area contributed by atoms with Crippen LogP contribution in [0.1, 0.15) is 44.9 Å². The monoisotopic (exact) mass is 542 g/mol. The largest absolute Gasteiger partial charge is 0.481 e. The van der Waals surface area contributed by atoms with Crippen LogP contribution in [0.25, 0.3) is 0 Å². The Kier molecular flexibility index (Phi) is 13.3. The number of nitrogens with zero attached hydrogens (tertiary/aromatic N) is 3. The summed E-state index contributed by atoms with van der Waals surface area (Å²) in [7, 11) is 0. The molecular formula is C21H38N10O7. The number of carboxylic acids is 2. The molecule has 0 aromatic carbocycles. The Morgan fingerprint density at radius 3 is 1.95 bits per heavy atom. The van der Waals surface area contributed by atoms with Gasteiger partial charge < -0.3 is 54.4 Å². The zero-order valence-corrected chi connectivity index (χ0v) is 21.0. The minimum atomic E-state index is -1.55. The van der Waals surface area contributed by atoms with E-state index in [0.717, 1.165) is 4.90 Å². The average Bonchev–Trinajstić information content (AvgIpc) is 3.32. The van der Waals surface area contributed by atoms with Crippen LogP contribution >= 0.6 is 0 Å². The molecule has 0 aromatic heterocycles. The molecule has 1 rings (SSSR count). The molecule has 1 saturated heterocycles. The van der Waals surface area contributed by atoms with Crippen LogP contribution in [0, 0.1) is 0 Å². The van der Waals surface area contributed by atoms with Crippen molar-refractivity contribution in [2.75, 3.05) is 19.6 Å². The van der Waals surface area contributed by atoms with Gasteiger partial charge in [0.15, 0.2) is 11.9 Å². The van der Waals surface area contributed by atoms with Gasteiger partial charge in [0, 0.05) is 19.6 Å². The quantitative estimate of drug-likeness (QED) is 0.0511. The Hall–Kier alpha value is -4.15. The van der Waals surface area contributed by atoms with Crippen LogP contribution in [0.15, 0.2) is 9.98 Å². The Morgan fingerprint density at radius 2 is 1.42 bits per heavy atom. The molecule has 38 heavy (non-hydrogen) atoms. The highest BCUT2D eigenvalue weighted by molar-refractivity contribution is 5.95. The number of amides is 3. The maximum absolute atomic E-state index is 13.1. The average molecular weight is 543 g/mol. The molecule has 0 aromatic rings. The van der Waals surface area contributed by atoms with Gasteiger partial charge in [0.1, 0.15) is 18.1 Å². The number of hydrogen-bond donors (Lipinski definition) is 9. The lowest BCUT2D eigenvalue weighted by Crippen LogP contribution is -2.57. The molecule has 0 spiro atoms. The molecule has 0 aliphatic carbocycles. The lowest BCUT2D eigenvalue weighted by Gasteiger charge is -2.28. The second-order valence-electron chi connectivity index (χ2n) is 8.75. The third kappa shape index (κ3) is 11.3. The van der Waals surface area contributed by atoms with Crippen molar-refractivity contribution in [2.24, 2.45) is 38.7 Å². The summed E-state index contributed by atoms with van der Waals surface area (Å²) in [5, 5.41) is 23.5. The molecule has 3 amide bonds. The fraction of sp³-hybridized carbons (Fsp3) is 0.667. The summed E-state index contributed by atoms with van der Waals surface area (Å²) < 4.78 is 0. The van der Waals surface area contributed by atoms with E-state index in [1.807, 2.05) is 0 Å². The molecule has 1 aliphatic rings. The van der Waals surface area contributed by atoms with Gasteiger partial charge in [-0.2, -0.15) is 0 Å². The minimum Gasteiger partial charge on any atom is -0.481 e. The molecule has 214 valence electrons. The van der Waals surface area contributed by atoms with Gasteiger partial charge in [-0.15, -0.1) is 0 Å². The number of guanidine groups is 2. The van der Waals surface area contributed by atoms with Crippen LogP contribution in [-0.2, 0) is 24.0 Å². The Bertz CT molecular complexity index is 918. The smallest absolute Gasteiger partial charge is 0.326 e. The highest BCUT2D eigenvalue weighted by atomic mass is 16.4. The van der Waals surface area contributed by atoms with Crippen molar-refractivity contribution in [1.82, 2.24) is 15.5 Å². The van der Waals surface area contributed by atoms with Gasteiger partial charge in [-0.1, -0.05) is 0 Å². The number of hydrogen-bond acceptors (Lipinski definition) is 8. The van der Waals surface area contributed by atoms with E-state index in [-0.39, 0.29) is 57.2 Å². The summed E-state index contributed by atoms with van der Waals surface area (Å²) in [4.78, 5) is 70.3. The van der Waals surface area contributed by atoms with E-state index in [4.69, 9.17) is 28.7 Å². The molecular weight excluding hydrogens is 504 g/mol. The number of likely N-dealkylation sites (tertiary alicyclic amines) is 1. The third-order valence-corrected chi connectivity index (χ3v) is 5.70. The molecule has 1 aliphatic heterocycles. The van der Waals surface area contributed by atoms with Crippen molar-refractivity contribution in [2.45, 2.75) is 69.1 Å². The van der Waals surface area contributed by atoms with Crippen LogP contribution in [-0.4, -0.2) is 100 Å². The molecule has 0 bridgehead atoms. The number of aliphatic carboxylic acids is 2. The standard InChI is InChI=1S/C21H38N10O7/c22-11(4-1-7-27-20(23)24)16(34)29-12(5-2-8-28-21(25)26)17(35)30-13(10-15(32)33)18(36)31-9-3-6-14(31)19(37)38/h11-14H,1-10,22H2,(H,29,34)(H,30,35)(H,32,33)(H,37,38)(H4,23,24,27)(H4,25,26,28). The van der Waals surface area contributed by atoms with E-state index in [0.29, 0.717) is 12.8 Å². The molecule has 4 unspecified atom stereocenters. The summed E-state index contributed by atoms with van der Waals surface area (Å²) >= 11 is 0. The fourth-order valence-electron chi connectivity index (χ4n) is 3.84. The molecule has 0 radical (unpaired) electrons. The predicted molar refractivity (Wildman–Crippen MR) is 136 cm³/mol. The van der Waals surface area contributed by atoms with Gasteiger partial charge in [-0.3, -0.25) is 29.2 Å². The number of nitrogens with one attached hydrogen (secondary N) is 2. The van der Waals surface area contributed by atoms with E-state index in [2.05, 4.69) is 20.6 Å². The summed E-state index contributed by atoms with van der Waals surface area (Å²) in [6.45, 7) is 0.492. The van der Waals surface area contributed by atoms with E-state index < -0.39 is 60.2 Å². The first kappa shape index (κ1) is 31.9. The van der Waals surface area contributed by atoms with Gasteiger partial charge >= 0.3 is 11.9 Å². The molecule has 17 nitrogen and oxygen atoms in total.